The largest absolute Gasteiger partial charge is 0.422 e. The Bertz CT molecular complexity index is 1030. The number of hydrogen-bond donors (Lipinski definition) is 2. The summed E-state index contributed by atoms with van der Waals surface area (Å²) in [6, 6.07) is 7.63. The molecule has 29 heavy (non-hydrogen) atoms. The van der Waals surface area contributed by atoms with E-state index in [1.807, 2.05) is 52.0 Å². The minimum atomic E-state index is -0.515. The molecule has 0 unspecified atom stereocenters. The van der Waals surface area contributed by atoms with Gasteiger partial charge in [-0.15, -0.1) is 0 Å². The first-order valence-corrected chi connectivity index (χ1v) is 9.25. The summed E-state index contributed by atoms with van der Waals surface area (Å²) in [6.45, 7) is 7.57. The fraction of sp³-hybridized carbons (Fsp3) is 0.350. The van der Waals surface area contributed by atoms with Crippen LogP contribution in [0.3, 0.4) is 0 Å². The van der Waals surface area contributed by atoms with Crippen molar-refractivity contribution in [1.29, 1.82) is 5.26 Å². The highest BCUT2D eigenvalue weighted by Gasteiger charge is 2.27. The number of benzene rings is 1. The fourth-order valence-electron chi connectivity index (χ4n) is 2.78. The van der Waals surface area contributed by atoms with Crippen LogP contribution >= 0.6 is 0 Å². The topological polar surface area (TPSA) is 124 Å². The summed E-state index contributed by atoms with van der Waals surface area (Å²) in [5.74, 6) is -0.248. The van der Waals surface area contributed by atoms with Crippen LogP contribution in [0, 0.1) is 25.2 Å². The number of aryl methyl sites for hydroxylation is 2. The van der Waals surface area contributed by atoms with Crippen LogP contribution in [0.2, 0.25) is 0 Å². The van der Waals surface area contributed by atoms with Gasteiger partial charge < -0.3 is 4.42 Å². The smallest absolute Gasteiger partial charge is 0.285 e. The summed E-state index contributed by atoms with van der Waals surface area (Å²) in [5.41, 5.74) is 7.82. The maximum absolute atomic E-state index is 12.6. The molecule has 0 bridgehead atoms. The Morgan fingerprint density at radius 1 is 1.31 bits per heavy atom. The molecule has 2 heterocycles. The third-order valence-electron chi connectivity index (χ3n) is 4.42. The molecule has 0 atom stereocenters. The Morgan fingerprint density at radius 2 is 2.07 bits per heavy atom. The summed E-state index contributed by atoms with van der Waals surface area (Å²) in [4.78, 5) is 29.0. The highest BCUT2D eigenvalue weighted by Crippen LogP contribution is 2.25. The SMILES string of the molecule is Cc1ccc(C)c(N2N=C(C(=O)NNc3oc(C(C)C)nc3C#N)CCC2=O)c1. The summed E-state index contributed by atoms with van der Waals surface area (Å²) in [6.07, 6.45) is 0.384. The molecule has 2 N–H and O–H groups in total. The lowest BCUT2D eigenvalue weighted by molar-refractivity contribution is -0.118. The molecular weight excluding hydrogens is 372 g/mol. The molecular formula is C20H22N6O3. The predicted molar refractivity (Wildman–Crippen MR) is 107 cm³/mol. The number of hydrazine groups is 1. The first-order chi connectivity index (χ1) is 13.8. The molecule has 0 spiro atoms. The number of rotatable bonds is 5. The highest BCUT2D eigenvalue weighted by molar-refractivity contribution is 6.40. The van der Waals surface area contributed by atoms with Gasteiger partial charge in [0.2, 0.25) is 17.5 Å². The second-order valence-corrected chi connectivity index (χ2v) is 7.12. The molecule has 1 aliphatic rings. The summed E-state index contributed by atoms with van der Waals surface area (Å²) in [5, 5.41) is 14.7. The minimum absolute atomic E-state index is 0.00629. The lowest BCUT2D eigenvalue weighted by Gasteiger charge is -2.24. The number of carbonyl (C=O) groups is 2. The van der Waals surface area contributed by atoms with Gasteiger partial charge in [-0.1, -0.05) is 26.0 Å². The van der Waals surface area contributed by atoms with E-state index in [4.69, 9.17) is 4.42 Å². The van der Waals surface area contributed by atoms with E-state index in [0.29, 0.717) is 11.6 Å². The van der Waals surface area contributed by atoms with Crippen LogP contribution in [-0.2, 0) is 9.59 Å². The first kappa shape index (κ1) is 20.1. The van der Waals surface area contributed by atoms with Crippen molar-refractivity contribution in [2.75, 3.05) is 10.4 Å². The molecule has 0 saturated heterocycles. The summed E-state index contributed by atoms with van der Waals surface area (Å²) in [7, 11) is 0. The van der Waals surface area contributed by atoms with E-state index < -0.39 is 5.91 Å². The predicted octanol–water partition coefficient (Wildman–Crippen LogP) is 2.91. The van der Waals surface area contributed by atoms with E-state index in [1.54, 1.807) is 0 Å². The molecule has 1 aromatic heterocycles. The van der Waals surface area contributed by atoms with Gasteiger partial charge in [0, 0.05) is 18.8 Å². The van der Waals surface area contributed by atoms with Crippen molar-refractivity contribution in [3.63, 3.8) is 0 Å². The van der Waals surface area contributed by atoms with Crippen LogP contribution in [0.4, 0.5) is 11.6 Å². The van der Waals surface area contributed by atoms with Gasteiger partial charge in [0.25, 0.3) is 11.8 Å². The Balaban J connectivity index is 1.78. The number of anilines is 2. The van der Waals surface area contributed by atoms with E-state index in [0.717, 1.165) is 11.1 Å². The number of carbonyl (C=O) groups excluding carboxylic acids is 2. The molecule has 0 radical (unpaired) electrons. The van der Waals surface area contributed by atoms with Crippen molar-refractivity contribution in [2.45, 2.75) is 46.5 Å². The zero-order valence-corrected chi connectivity index (χ0v) is 16.7. The second kappa shape index (κ2) is 8.14. The number of hydrazone groups is 1. The van der Waals surface area contributed by atoms with Crippen molar-refractivity contribution < 1.29 is 14.0 Å². The first-order valence-electron chi connectivity index (χ1n) is 9.25. The van der Waals surface area contributed by atoms with Crippen LogP contribution in [0.25, 0.3) is 0 Å². The van der Waals surface area contributed by atoms with E-state index in [9.17, 15) is 14.9 Å². The maximum Gasteiger partial charge on any atom is 0.285 e. The normalized spacial score (nSPS) is 13.9. The molecule has 3 rings (SSSR count). The van der Waals surface area contributed by atoms with E-state index in [-0.39, 0.29) is 42.0 Å². The number of nitriles is 1. The number of nitrogens with zero attached hydrogens (tertiary/aromatic N) is 4. The maximum atomic E-state index is 12.6. The average molecular weight is 394 g/mol. The quantitative estimate of drug-likeness (QED) is 0.752. The number of aromatic nitrogens is 1. The average Bonchev–Trinajstić information content (AvgIpc) is 3.12. The van der Waals surface area contributed by atoms with Crippen LogP contribution in [-0.4, -0.2) is 22.5 Å². The van der Waals surface area contributed by atoms with Crippen molar-refractivity contribution in [2.24, 2.45) is 5.10 Å². The summed E-state index contributed by atoms with van der Waals surface area (Å²) < 4.78 is 5.48. The van der Waals surface area contributed by atoms with Gasteiger partial charge in [0.05, 0.1) is 5.69 Å². The van der Waals surface area contributed by atoms with E-state index >= 15 is 0 Å². The number of amides is 2. The third-order valence-corrected chi connectivity index (χ3v) is 4.42. The lowest BCUT2D eigenvalue weighted by Crippen LogP contribution is -2.41. The van der Waals surface area contributed by atoms with Gasteiger partial charge in [-0.05, 0) is 31.0 Å². The number of oxazole rings is 1. The van der Waals surface area contributed by atoms with E-state index in [2.05, 4.69) is 20.9 Å². The molecule has 9 heteroatoms. The van der Waals surface area contributed by atoms with Gasteiger partial charge in [-0.2, -0.15) is 10.4 Å². The van der Waals surface area contributed by atoms with Gasteiger partial charge >= 0.3 is 0 Å². The zero-order chi connectivity index (χ0) is 21.1. The Hall–Kier alpha value is -3.67. The lowest BCUT2D eigenvalue weighted by atomic mass is 10.1. The molecule has 9 nitrogen and oxygen atoms in total. The van der Waals surface area contributed by atoms with Crippen molar-refractivity contribution in [3.05, 3.63) is 40.9 Å². The summed E-state index contributed by atoms with van der Waals surface area (Å²) >= 11 is 0. The van der Waals surface area contributed by atoms with Crippen molar-refractivity contribution >= 4 is 29.1 Å². The van der Waals surface area contributed by atoms with Crippen LogP contribution < -0.4 is 15.9 Å². The van der Waals surface area contributed by atoms with Crippen molar-refractivity contribution in [1.82, 2.24) is 10.4 Å². The fourth-order valence-corrected chi connectivity index (χ4v) is 2.78. The molecule has 0 aliphatic carbocycles. The molecule has 2 aromatic rings. The molecule has 150 valence electrons. The Kier molecular flexibility index (Phi) is 5.64. The van der Waals surface area contributed by atoms with Crippen molar-refractivity contribution in [3.8, 4) is 6.07 Å². The Morgan fingerprint density at radius 3 is 2.76 bits per heavy atom. The Labute approximate surface area is 168 Å². The molecule has 2 amide bonds. The minimum Gasteiger partial charge on any atom is -0.422 e. The highest BCUT2D eigenvalue weighted by atomic mass is 16.4. The molecule has 0 fully saturated rings. The van der Waals surface area contributed by atoms with Gasteiger partial charge in [-0.3, -0.25) is 20.4 Å². The zero-order valence-electron chi connectivity index (χ0n) is 16.7. The van der Waals surface area contributed by atoms with Gasteiger partial charge in [0.15, 0.2) is 0 Å². The molecule has 1 aliphatic heterocycles. The standard InChI is InChI=1S/C20H22N6O3/c1-11(2)19-22-15(10-21)20(29-19)24-23-18(28)14-7-8-17(27)26(25-14)16-9-12(3)5-6-13(16)4/h5-6,9,11,24H,7-8H2,1-4H3,(H,23,28). The molecule has 1 aromatic carbocycles. The second-order valence-electron chi connectivity index (χ2n) is 7.12. The van der Waals surface area contributed by atoms with E-state index in [1.165, 1.54) is 5.01 Å². The van der Waals surface area contributed by atoms with Crippen LogP contribution in [0.15, 0.2) is 27.7 Å². The third kappa shape index (κ3) is 4.27. The van der Waals surface area contributed by atoms with Gasteiger partial charge in [0.1, 0.15) is 11.8 Å². The monoisotopic (exact) mass is 394 g/mol. The van der Waals surface area contributed by atoms with Crippen LogP contribution in [0.5, 0.6) is 0 Å². The van der Waals surface area contributed by atoms with Crippen LogP contribution in [0.1, 0.15) is 55.3 Å². The van der Waals surface area contributed by atoms with Gasteiger partial charge in [-0.25, -0.2) is 9.99 Å². The number of nitrogens with one attached hydrogen (secondary N) is 2. The molecule has 0 saturated carbocycles. The number of hydrogen-bond acceptors (Lipinski definition) is 7.